The highest BCUT2D eigenvalue weighted by atomic mass is 35.5. The number of halogens is 2. The number of ether oxygens (including phenoxy) is 1. The smallest absolute Gasteiger partial charge is 0.261 e. The molecule has 0 spiro atoms. The quantitative estimate of drug-likeness (QED) is 0.441. The van der Waals surface area contributed by atoms with E-state index in [1.807, 2.05) is 38.1 Å². The first-order valence-electron chi connectivity index (χ1n) is 11.0. The van der Waals surface area contributed by atoms with Crippen molar-refractivity contribution in [1.29, 1.82) is 0 Å². The maximum atomic E-state index is 13.3. The molecule has 0 aliphatic heterocycles. The Bertz CT molecular complexity index is 918. The number of nitrogens with one attached hydrogen (secondary N) is 1. The van der Waals surface area contributed by atoms with Gasteiger partial charge in [-0.05, 0) is 48.1 Å². The Hall–Kier alpha value is -2.24. The molecule has 0 aliphatic carbocycles. The zero-order valence-electron chi connectivity index (χ0n) is 19.2. The lowest BCUT2D eigenvalue weighted by Crippen LogP contribution is -2.50. The van der Waals surface area contributed by atoms with Gasteiger partial charge in [0.1, 0.15) is 11.8 Å². The van der Waals surface area contributed by atoms with Crippen LogP contribution in [0.4, 0.5) is 0 Å². The Morgan fingerprint density at radius 2 is 1.78 bits per heavy atom. The molecule has 32 heavy (non-hydrogen) atoms. The second-order valence-corrected chi connectivity index (χ2v) is 8.78. The fourth-order valence-electron chi connectivity index (χ4n) is 3.43. The maximum absolute atomic E-state index is 13.3. The summed E-state index contributed by atoms with van der Waals surface area (Å²) in [6.45, 7) is 8.64. The van der Waals surface area contributed by atoms with Crippen LogP contribution in [0.3, 0.4) is 0 Å². The van der Waals surface area contributed by atoms with Crippen LogP contribution in [0.25, 0.3) is 0 Å². The average Bonchev–Trinajstić information content (AvgIpc) is 2.78. The fourth-order valence-corrected chi connectivity index (χ4v) is 3.75. The lowest BCUT2D eigenvalue weighted by Gasteiger charge is -2.30. The number of carbonyl (C=O) groups is 2. The molecule has 2 amide bonds. The van der Waals surface area contributed by atoms with Crippen molar-refractivity contribution in [1.82, 2.24) is 10.2 Å². The Balaban J connectivity index is 2.26. The third-order valence-electron chi connectivity index (χ3n) is 5.16. The standard InChI is InChI=1S/C25H32Cl2N2O3/c1-5-13-28-25(31)22(6-2)29(15-18-11-12-20(26)21(27)14-18)24(30)16-32-23-10-8-7-9-19(23)17(3)4/h7-12,14,17,22H,5-6,13,15-16H2,1-4H3,(H,28,31). The van der Waals surface area contributed by atoms with Crippen LogP contribution in [0.1, 0.15) is 57.6 Å². The third-order valence-corrected chi connectivity index (χ3v) is 5.90. The topological polar surface area (TPSA) is 58.6 Å². The van der Waals surface area contributed by atoms with Gasteiger partial charge in [0, 0.05) is 13.1 Å². The Kier molecular flexibility index (Phi) is 10.3. The van der Waals surface area contributed by atoms with Crippen LogP contribution in [-0.2, 0) is 16.1 Å². The summed E-state index contributed by atoms with van der Waals surface area (Å²) in [5.74, 6) is 0.490. The highest BCUT2D eigenvalue weighted by Crippen LogP contribution is 2.27. The number of amides is 2. The average molecular weight is 479 g/mol. The number of carbonyl (C=O) groups excluding carboxylic acids is 2. The number of para-hydroxylation sites is 1. The highest BCUT2D eigenvalue weighted by molar-refractivity contribution is 6.42. The summed E-state index contributed by atoms with van der Waals surface area (Å²) in [4.78, 5) is 27.7. The monoisotopic (exact) mass is 478 g/mol. The molecule has 0 fully saturated rings. The molecule has 174 valence electrons. The highest BCUT2D eigenvalue weighted by Gasteiger charge is 2.29. The van der Waals surface area contributed by atoms with E-state index < -0.39 is 6.04 Å². The summed E-state index contributed by atoms with van der Waals surface area (Å²) in [6, 6.07) is 12.3. The van der Waals surface area contributed by atoms with E-state index in [1.165, 1.54) is 0 Å². The van der Waals surface area contributed by atoms with Crippen molar-refractivity contribution >= 4 is 35.0 Å². The van der Waals surface area contributed by atoms with Gasteiger partial charge in [-0.2, -0.15) is 0 Å². The van der Waals surface area contributed by atoms with Crippen LogP contribution in [0.15, 0.2) is 42.5 Å². The summed E-state index contributed by atoms with van der Waals surface area (Å²) in [5.41, 5.74) is 1.82. The SMILES string of the molecule is CCCNC(=O)C(CC)N(Cc1ccc(Cl)c(Cl)c1)C(=O)COc1ccccc1C(C)C. The van der Waals surface area contributed by atoms with Crippen molar-refractivity contribution in [2.24, 2.45) is 0 Å². The van der Waals surface area contributed by atoms with Crippen LogP contribution in [0, 0.1) is 0 Å². The van der Waals surface area contributed by atoms with E-state index in [4.69, 9.17) is 27.9 Å². The van der Waals surface area contributed by atoms with Crippen LogP contribution in [0.5, 0.6) is 5.75 Å². The fraction of sp³-hybridized carbons (Fsp3) is 0.440. The summed E-state index contributed by atoms with van der Waals surface area (Å²) < 4.78 is 5.91. The molecule has 7 heteroatoms. The lowest BCUT2D eigenvalue weighted by atomic mass is 10.0. The van der Waals surface area contributed by atoms with Crippen LogP contribution < -0.4 is 10.1 Å². The minimum atomic E-state index is -0.618. The molecule has 0 bridgehead atoms. The maximum Gasteiger partial charge on any atom is 0.261 e. The minimum absolute atomic E-state index is 0.164. The van der Waals surface area contributed by atoms with E-state index >= 15 is 0 Å². The van der Waals surface area contributed by atoms with Gasteiger partial charge in [-0.25, -0.2) is 0 Å². The molecule has 1 atom stereocenters. The molecule has 2 aromatic rings. The second kappa shape index (κ2) is 12.7. The van der Waals surface area contributed by atoms with Crippen molar-refractivity contribution in [3.8, 4) is 5.75 Å². The van der Waals surface area contributed by atoms with Crippen LogP contribution in [0.2, 0.25) is 10.0 Å². The van der Waals surface area contributed by atoms with Gasteiger partial charge in [-0.15, -0.1) is 0 Å². The second-order valence-electron chi connectivity index (χ2n) is 7.97. The van der Waals surface area contributed by atoms with Gasteiger partial charge in [0.25, 0.3) is 5.91 Å². The van der Waals surface area contributed by atoms with E-state index in [0.717, 1.165) is 17.5 Å². The van der Waals surface area contributed by atoms with Gasteiger partial charge in [0.15, 0.2) is 6.61 Å². The molecule has 2 rings (SSSR count). The molecule has 2 aromatic carbocycles. The number of nitrogens with zero attached hydrogens (tertiary/aromatic N) is 1. The molecule has 0 aliphatic rings. The summed E-state index contributed by atoms with van der Waals surface area (Å²) in [5, 5.41) is 3.75. The number of hydrogen-bond donors (Lipinski definition) is 1. The largest absolute Gasteiger partial charge is 0.483 e. The van der Waals surface area contributed by atoms with Crippen molar-refractivity contribution in [3.05, 3.63) is 63.6 Å². The molecular formula is C25H32Cl2N2O3. The van der Waals surface area contributed by atoms with E-state index in [2.05, 4.69) is 19.2 Å². The van der Waals surface area contributed by atoms with Gasteiger partial charge in [-0.1, -0.05) is 75.2 Å². The molecule has 5 nitrogen and oxygen atoms in total. The van der Waals surface area contributed by atoms with Crippen molar-refractivity contribution < 1.29 is 14.3 Å². The number of rotatable bonds is 11. The first-order valence-corrected chi connectivity index (χ1v) is 11.8. The lowest BCUT2D eigenvalue weighted by molar-refractivity contribution is -0.143. The van der Waals surface area contributed by atoms with Gasteiger partial charge < -0.3 is 15.0 Å². The molecule has 1 N–H and O–H groups in total. The molecule has 0 heterocycles. The molecular weight excluding hydrogens is 447 g/mol. The molecule has 0 saturated heterocycles. The normalized spacial score (nSPS) is 11.8. The van der Waals surface area contributed by atoms with Crippen LogP contribution in [-0.4, -0.2) is 35.9 Å². The Morgan fingerprint density at radius 3 is 2.41 bits per heavy atom. The van der Waals surface area contributed by atoms with Gasteiger partial charge in [-0.3, -0.25) is 9.59 Å². The predicted octanol–water partition coefficient (Wildman–Crippen LogP) is 5.83. The van der Waals surface area contributed by atoms with E-state index in [1.54, 1.807) is 23.1 Å². The van der Waals surface area contributed by atoms with E-state index in [9.17, 15) is 9.59 Å². The van der Waals surface area contributed by atoms with E-state index in [0.29, 0.717) is 28.8 Å². The number of hydrogen-bond acceptors (Lipinski definition) is 3. The van der Waals surface area contributed by atoms with E-state index in [-0.39, 0.29) is 30.9 Å². The first-order chi connectivity index (χ1) is 15.3. The molecule has 0 radical (unpaired) electrons. The Labute approximate surface area is 201 Å². The minimum Gasteiger partial charge on any atom is -0.483 e. The third kappa shape index (κ3) is 7.14. The summed E-state index contributed by atoms with van der Waals surface area (Å²) in [6.07, 6.45) is 1.29. The van der Waals surface area contributed by atoms with Crippen LogP contribution >= 0.6 is 23.2 Å². The molecule has 0 saturated carbocycles. The van der Waals surface area contributed by atoms with Crippen molar-refractivity contribution in [2.45, 2.75) is 59.0 Å². The zero-order valence-corrected chi connectivity index (χ0v) is 20.7. The predicted molar refractivity (Wildman–Crippen MR) is 130 cm³/mol. The first kappa shape index (κ1) is 26.0. The summed E-state index contributed by atoms with van der Waals surface area (Å²) >= 11 is 12.2. The van der Waals surface area contributed by atoms with Gasteiger partial charge in [0.05, 0.1) is 10.0 Å². The van der Waals surface area contributed by atoms with Crippen molar-refractivity contribution in [2.75, 3.05) is 13.2 Å². The number of benzene rings is 2. The molecule has 1 unspecified atom stereocenters. The summed E-state index contributed by atoms with van der Waals surface area (Å²) in [7, 11) is 0. The molecule has 0 aromatic heterocycles. The Morgan fingerprint density at radius 1 is 1.06 bits per heavy atom. The van der Waals surface area contributed by atoms with Gasteiger partial charge >= 0.3 is 0 Å². The van der Waals surface area contributed by atoms with Crippen molar-refractivity contribution in [3.63, 3.8) is 0 Å². The van der Waals surface area contributed by atoms with Gasteiger partial charge in [0.2, 0.25) is 5.91 Å². The zero-order chi connectivity index (χ0) is 23.7.